The van der Waals surface area contributed by atoms with Crippen LogP contribution in [0.1, 0.15) is 44.3 Å². The summed E-state index contributed by atoms with van der Waals surface area (Å²) in [6.07, 6.45) is 5.77. The van der Waals surface area contributed by atoms with Gasteiger partial charge in [0, 0.05) is 5.69 Å². The number of hydrogen-bond acceptors (Lipinski definition) is 3. The Hall–Kier alpha value is -0.590. The van der Waals surface area contributed by atoms with Crippen molar-refractivity contribution in [3.63, 3.8) is 0 Å². The smallest absolute Gasteiger partial charge is 0.308 e. The standard InChI is InChI=1S/C13H19IN2O2/c1-3-18-13(17)10-4-6-11(7-5-10)16-9(2)12(14)8-15-16/h8,10-11H,3-7H2,1-2H3/t10-,11-. The van der Waals surface area contributed by atoms with E-state index in [0.29, 0.717) is 12.6 Å². The molecule has 1 heterocycles. The molecule has 1 aliphatic carbocycles. The van der Waals surface area contributed by atoms with Gasteiger partial charge in [-0.25, -0.2) is 0 Å². The zero-order chi connectivity index (χ0) is 13.1. The summed E-state index contributed by atoms with van der Waals surface area (Å²) < 4.78 is 8.41. The van der Waals surface area contributed by atoms with Crippen molar-refractivity contribution >= 4 is 28.6 Å². The van der Waals surface area contributed by atoms with E-state index >= 15 is 0 Å². The molecule has 100 valence electrons. The van der Waals surface area contributed by atoms with Gasteiger partial charge < -0.3 is 4.74 Å². The van der Waals surface area contributed by atoms with E-state index in [1.807, 2.05) is 13.1 Å². The van der Waals surface area contributed by atoms with Crippen LogP contribution in [0.25, 0.3) is 0 Å². The van der Waals surface area contributed by atoms with Crippen LogP contribution in [0.2, 0.25) is 0 Å². The number of carbonyl (C=O) groups excluding carboxylic acids is 1. The molecule has 1 aromatic rings. The molecule has 0 saturated heterocycles. The molecule has 5 heteroatoms. The third-order valence-electron chi connectivity index (χ3n) is 3.65. The molecule has 0 atom stereocenters. The van der Waals surface area contributed by atoms with E-state index in [2.05, 4.69) is 39.3 Å². The lowest BCUT2D eigenvalue weighted by molar-refractivity contribution is -0.149. The Morgan fingerprint density at radius 1 is 1.50 bits per heavy atom. The van der Waals surface area contributed by atoms with Crippen molar-refractivity contribution < 1.29 is 9.53 Å². The van der Waals surface area contributed by atoms with Crippen LogP contribution in [-0.2, 0) is 9.53 Å². The molecule has 0 N–H and O–H groups in total. The van der Waals surface area contributed by atoms with Gasteiger partial charge in [0.2, 0.25) is 0 Å². The highest BCUT2D eigenvalue weighted by molar-refractivity contribution is 14.1. The van der Waals surface area contributed by atoms with E-state index in [-0.39, 0.29) is 11.9 Å². The average molecular weight is 362 g/mol. The molecule has 2 rings (SSSR count). The maximum atomic E-state index is 11.7. The van der Waals surface area contributed by atoms with E-state index in [9.17, 15) is 4.79 Å². The van der Waals surface area contributed by atoms with E-state index in [4.69, 9.17) is 4.74 Å². The Morgan fingerprint density at radius 2 is 2.17 bits per heavy atom. The van der Waals surface area contributed by atoms with Gasteiger partial charge in [0.25, 0.3) is 0 Å². The first-order valence-corrected chi connectivity index (χ1v) is 7.57. The second-order valence-corrected chi connectivity index (χ2v) is 5.94. The molecule has 1 fully saturated rings. The van der Waals surface area contributed by atoms with Gasteiger partial charge in [-0.1, -0.05) is 0 Å². The number of hydrogen-bond donors (Lipinski definition) is 0. The fraction of sp³-hybridized carbons (Fsp3) is 0.692. The van der Waals surface area contributed by atoms with E-state index in [1.54, 1.807) is 0 Å². The number of halogens is 1. The van der Waals surface area contributed by atoms with Gasteiger partial charge in [0.15, 0.2) is 0 Å². The summed E-state index contributed by atoms with van der Waals surface area (Å²) in [6.45, 7) is 4.44. The Bertz CT molecular complexity index is 423. The van der Waals surface area contributed by atoms with Crippen molar-refractivity contribution in [2.45, 2.75) is 45.6 Å². The first-order chi connectivity index (χ1) is 8.63. The predicted octanol–water partition coefficient (Wildman–Crippen LogP) is 3.09. The topological polar surface area (TPSA) is 44.1 Å². The normalized spacial score (nSPS) is 23.9. The van der Waals surface area contributed by atoms with Gasteiger partial charge in [0.05, 0.1) is 28.3 Å². The fourth-order valence-corrected chi connectivity index (χ4v) is 2.96. The van der Waals surface area contributed by atoms with Gasteiger partial charge in [0.1, 0.15) is 0 Å². The maximum Gasteiger partial charge on any atom is 0.308 e. The quantitative estimate of drug-likeness (QED) is 0.613. The zero-order valence-corrected chi connectivity index (χ0v) is 13.0. The summed E-state index contributed by atoms with van der Waals surface area (Å²) in [5.41, 5.74) is 1.23. The molecular weight excluding hydrogens is 343 g/mol. The van der Waals surface area contributed by atoms with Crippen LogP contribution in [0.3, 0.4) is 0 Å². The lowest BCUT2D eigenvalue weighted by Gasteiger charge is -2.28. The largest absolute Gasteiger partial charge is 0.466 e. The maximum absolute atomic E-state index is 11.7. The second-order valence-electron chi connectivity index (χ2n) is 4.78. The lowest BCUT2D eigenvalue weighted by Crippen LogP contribution is -2.26. The lowest BCUT2D eigenvalue weighted by atomic mass is 9.86. The second kappa shape index (κ2) is 6.04. The Balaban J connectivity index is 1.94. The van der Waals surface area contributed by atoms with Crippen molar-refractivity contribution in [1.29, 1.82) is 0 Å². The molecule has 1 aliphatic rings. The number of ether oxygens (including phenoxy) is 1. The predicted molar refractivity (Wildman–Crippen MR) is 77.3 cm³/mol. The molecular formula is C13H19IN2O2. The molecule has 0 aliphatic heterocycles. The zero-order valence-electron chi connectivity index (χ0n) is 10.9. The van der Waals surface area contributed by atoms with Crippen LogP contribution in [0.15, 0.2) is 6.20 Å². The van der Waals surface area contributed by atoms with Gasteiger partial charge >= 0.3 is 5.97 Å². The van der Waals surface area contributed by atoms with Crippen LogP contribution >= 0.6 is 22.6 Å². The summed E-state index contributed by atoms with van der Waals surface area (Å²) in [5.74, 6) is 0.0684. The Kier molecular flexibility index (Phi) is 4.64. The van der Waals surface area contributed by atoms with Crippen molar-refractivity contribution in [1.82, 2.24) is 9.78 Å². The summed E-state index contributed by atoms with van der Waals surface area (Å²) in [6, 6.07) is 0.444. The van der Waals surface area contributed by atoms with Gasteiger partial charge in [-0.15, -0.1) is 0 Å². The number of carbonyl (C=O) groups is 1. The van der Waals surface area contributed by atoms with Gasteiger partial charge in [-0.2, -0.15) is 5.10 Å². The van der Waals surface area contributed by atoms with Crippen LogP contribution in [0, 0.1) is 16.4 Å². The summed E-state index contributed by atoms with van der Waals surface area (Å²) in [7, 11) is 0. The molecule has 0 radical (unpaired) electrons. The minimum absolute atomic E-state index is 0.0253. The third kappa shape index (κ3) is 2.87. The molecule has 0 aromatic carbocycles. The van der Waals surface area contributed by atoms with E-state index in [1.165, 1.54) is 9.26 Å². The highest BCUT2D eigenvalue weighted by Crippen LogP contribution is 2.33. The first kappa shape index (κ1) is 13.8. The molecule has 1 aromatic heterocycles. The molecule has 0 unspecified atom stereocenters. The monoisotopic (exact) mass is 362 g/mol. The first-order valence-electron chi connectivity index (χ1n) is 6.49. The average Bonchev–Trinajstić information content (AvgIpc) is 2.71. The molecule has 0 spiro atoms. The fourth-order valence-electron chi connectivity index (χ4n) is 2.59. The molecule has 1 saturated carbocycles. The van der Waals surface area contributed by atoms with Crippen molar-refractivity contribution in [2.24, 2.45) is 5.92 Å². The number of nitrogens with zero attached hydrogens (tertiary/aromatic N) is 2. The van der Waals surface area contributed by atoms with E-state index < -0.39 is 0 Å². The highest BCUT2D eigenvalue weighted by atomic mass is 127. The minimum Gasteiger partial charge on any atom is -0.466 e. The van der Waals surface area contributed by atoms with Crippen LogP contribution < -0.4 is 0 Å². The molecule has 0 amide bonds. The summed E-state index contributed by atoms with van der Waals surface area (Å²) in [4.78, 5) is 11.7. The Morgan fingerprint density at radius 3 is 2.67 bits per heavy atom. The van der Waals surface area contributed by atoms with Gasteiger partial charge in [-0.05, 0) is 62.1 Å². The number of esters is 1. The minimum atomic E-state index is -0.0253. The van der Waals surface area contributed by atoms with Crippen LogP contribution in [-0.4, -0.2) is 22.4 Å². The van der Waals surface area contributed by atoms with Crippen molar-refractivity contribution in [2.75, 3.05) is 6.61 Å². The van der Waals surface area contributed by atoms with Crippen molar-refractivity contribution in [3.8, 4) is 0 Å². The SMILES string of the molecule is CCOC(=O)[C@H]1CC[C@H](n2ncc(I)c2C)CC1. The van der Waals surface area contributed by atoms with E-state index in [0.717, 1.165) is 25.7 Å². The number of rotatable bonds is 3. The van der Waals surface area contributed by atoms with Crippen molar-refractivity contribution in [3.05, 3.63) is 15.5 Å². The van der Waals surface area contributed by atoms with Crippen LogP contribution in [0.4, 0.5) is 0 Å². The highest BCUT2D eigenvalue weighted by Gasteiger charge is 2.29. The molecule has 0 bridgehead atoms. The summed E-state index contributed by atoms with van der Waals surface area (Å²) in [5, 5.41) is 4.44. The Labute approximate surface area is 121 Å². The molecule has 18 heavy (non-hydrogen) atoms. The third-order valence-corrected chi connectivity index (χ3v) is 4.71. The summed E-state index contributed by atoms with van der Waals surface area (Å²) >= 11 is 2.31. The van der Waals surface area contributed by atoms with Gasteiger partial charge in [-0.3, -0.25) is 9.48 Å². The number of aromatic nitrogens is 2. The van der Waals surface area contributed by atoms with Crippen LogP contribution in [0.5, 0.6) is 0 Å². The molecule has 4 nitrogen and oxygen atoms in total.